The Hall–Kier alpha value is -2.82. The van der Waals surface area contributed by atoms with Crippen molar-refractivity contribution < 1.29 is 19.1 Å². The summed E-state index contributed by atoms with van der Waals surface area (Å²) < 4.78 is 10.2. The third-order valence-corrected chi connectivity index (χ3v) is 3.13. The molecular formula is C18H19NO4. The minimum atomic E-state index is -0.889. The lowest BCUT2D eigenvalue weighted by Crippen LogP contribution is -2.35. The first-order chi connectivity index (χ1) is 11.2. The molecule has 2 rings (SSSR count). The average molecular weight is 313 g/mol. The summed E-state index contributed by atoms with van der Waals surface area (Å²) in [5.74, 6) is -0.518. The Labute approximate surface area is 135 Å². The van der Waals surface area contributed by atoms with E-state index >= 15 is 0 Å². The lowest BCUT2D eigenvalue weighted by Gasteiger charge is -2.17. The zero-order valence-electron chi connectivity index (χ0n) is 12.9. The van der Waals surface area contributed by atoms with Gasteiger partial charge in [-0.05, 0) is 18.1 Å². The molecule has 0 aliphatic rings. The SMILES string of the molecule is CCOC(=O)[C@@H](NC(=O)OCc1ccccc1)c1ccccc1. The first-order valence-corrected chi connectivity index (χ1v) is 7.39. The van der Waals surface area contributed by atoms with Crippen molar-refractivity contribution in [2.24, 2.45) is 0 Å². The smallest absolute Gasteiger partial charge is 0.408 e. The van der Waals surface area contributed by atoms with Crippen molar-refractivity contribution in [3.05, 3.63) is 71.8 Å². The van der Waals surface area contributed by atoms with E-state index in [9.17, 15) is 9.59 Å². The Morgan fingerprint density at radius 3 is 2.17 bits per heavy atom. The van der Waals surface area contributed by atoms with E-state index in [2.05, 4.69) is 5.32 Å². The van der Waals surface area contributed by atoms with Gasteiger partial charge in [-0.15, -0.1) is 0 Å². The van der Waals surface area contributed by atoms with Crippen molar-refractivity contribution >= 4 is 12.1 Å². The zero-order valence-corrected chi connectivity index (χ0v) is 12.9. The second-order valence-electron chi connectivity index (χ2n) is 4.80. The van der Waals surface area contributed by atoms with Gasteiger partial charge in [-0.25, -0.2) is 9.59 Å². The van der Waals surface area contributed by atoms with Crippen molar-refractivity contribution in [2.75, 3.05) is 6.61 Å². The molecule has 1 atom stereocenters. The number of carbonyl (C=O) groups excluding carboxylic acids is 2. The molecule has 0 saturated carbocycles. The molecule has 0 saturated heterocycles. The summed E-state index contributed by atoms with van der Waals surface area (Å²) in [5.41, 5.74) is 1.51. The molecule has 0 aliphatic heterocycles. The molecule has 1 amide bonds. The van der Waals surface area contributed by atoms with E-state index in [1.54, 1.807) is 31.2 Å². The number of rotatable bonds is 6. The molecule has 0 aliphatic carbocycles. The Kier molecular flexibility index (Phi) is 6.17. The quantitative estimate of drug-likeness (QED) is 0.832. The van der Waals surface area contributed by atoms with Crippen LogP contribution < -0.4 is 5.32 Å². The third-order valence-electron chi connectivity index (χ3n) is 3.13. The van der Waals surface area contributed by atoms with Crippen LogP contribution >= 0.6 is 0 Å². The summed E-state index contributed by atoms with van der Waals surface area (Å²) in [4.78, 5) is 24.0. The monoisotopic (exact) mass is 313 g/mol. The van der Waals surface area contributed by atoms with Crippen LogP contribution in [0.3, 0.4) is 0 Å². The molecule has 0 bridgehead atoms. The number of alkyl carbamates (subject to hydrolysis) is 1. The zero-order chi connectivity index (χ0) is 16.5. The highest BCUT2D eigenvalue weighted by molar-refractivity contribution is 5.82. The molecule has 0 fully saturated rings. The molecule has 0 radical (unpaired) electrons. The summed E-state index contributed by atoms with van der Waals surface area (Å²) in [7, 11) is 0. The normalized spacial score (nSPS) is 11.3. The number of esters is 1. The van der Waals surface area contributed by atoms with Gasteiger partial charge in [0.2, 0.25) is 0 Å². The summed E-state index contributed by atoms with van der Waals surface area (Å²) in [6, 6.07) is 17.3. The number of carbonyl (C=O) groups is 2. The number of amides is 1. The highest BCUT2D eigenvalue weighted by Gasteiger charge is 2.24. The summed E-state index contributed by atoms with van der Waals surface area (Å²) in [6.45, 7) is 2.09. The van der Waals surface area contributed by atoms with Crippen LogP contribution in [-0.2, 0) is 20.9 Å². The minimum absolute atomic E-state index is 0.136. The maximum absolute atomic E-state index is 12.1. The van der Waals surface area contributed by atoms with Gasteiger partial charge in [-0.1, -0.05) is 60.7 Å². The topological polar surface area (TPSA) is 64.6 Å². The van der Waals surface area contributed by atoms with Crippen molar-refractivity contribution in [3.8, 4) is 0 Å². The molecule has 5 nitrogen and oxygen atoms in total. The van der Waals surface area contributed by atoms with Crippen LogP contribution in [0.2, 0.25) is 0 Å². The summed E-state index contributed by atoms with van der Waals surface area (Å²) in [6.07, 6.45) is -0.671. The minimum Gasteiger partial charge on any atom is -0.464 e. The van der Waals surface area contributed by atoms with Crippen LogP contribution in [0.5, 0.6) is 0 Å². The standard InChI is InChI=1S/C18H19NO4/c1-2-22-17(20)16(15-11-7-4-8-12-15)19-18(21)23-13-14-9-5-3-6-10-14/h3-12,16H,2,13H2,1H3,(H,19,21)/t16-/m0/s1. The van der Waals surface area contributed by atoms with Crippen LogP contribution in [-0.4, -0.2) is 18.7 Å². The van der Waals surface area contributed by atoms with Gasteiger partial charge in [0.25, 0.3) is 0 Å². The van der Waals surface area contributed by atoms with E-state index in [-0.39, 0.29) is 13.2 Å². The molecule has 0 spiro atoms. The van der Waals surface area contributed by atoms with E-state index in [1.165, 1.54) is 0 Å². The van der Waals surface area contributed by atoms with Gasteiger partial charge in [-0.2, -0.15) is 0 Å². The maximum atomic E-state index is 12.1. The number of ether oxygens (including phenoxy) is 2. The van der Waals surface area contributed by atoms with Gasteiger partial charge in [0, 0.05) is 0 Å². The summed E-state index contributed by atoms with van der Waals surface area (Å²) >= 11 is 0. The largest absolute Gasteiger partial charge is 0.464 e. The van der Waals surface area contributed by atoms with Gasteiger partial charge < -0.3 is 14.8 Å². The molecule has 5 heteroatoms. The fourth-order valence-electron chi connectivity index (χ4n) is 2.03. The van der Waals surface area contributed by atoms with Gasteiger partial charge in [0.15, 0.2) is 6.04 Å². The third kappa shape index (κ3) is 5.14. The second kappa shape index (κ2) is 8.58. The van der Waals surface area contributed by atoms with Crippen LogP contribution in [0.1, 0.15) is 24.1 Å². The molecule has 0 unspecified atom stereocenters. The predicted molar refractivity (Wildman–Crippen MR) is 85.6 cm³/mol. The first-order valence-electron chi connectivity index (χ1n) is 7.39. The van der Waals surface area contributed by atoms with Crippen molar-refractivity contribution in [1.82, 2.24) is 5.32 Å². The Balaban J connectivity index is 1.99. The molecule has 0 aromatic heterocycles. The Morgan fingerprint density at radius 1 is 0.957 bits per heavy atom. The number of benzene rings is 2. The number of nitrogens with one attached hydrogen (secondary N) is 1. The Bertz CT molecular complexity index is 628. The highest BCUT2D eigenvalue weighted by Crippen LogP contribution is 2.15. The van der Waals surface area contributed by atoms with Gasteiger partial charge in [0.1, 0.15) is 6.61 Å². The van der Waals surface area contributed by atoms with Gasteiger partial charge in [0.05, 0.1) is 6.61 Å². The number of hydrogen-bond donors (Lipinski definition) is 1. The van der Waals surface area contributed by atoms with Crippen LogP contribution in [0.15, 0.2) is 60.7 Å². The molecule has 0 heterocycles. The van der Waals surface area contributed by atoms with Crippen LogP contribution in [0, 0.1) is 0 Å². The summed E-state index contributed by atoms with van der Waals surface area (Å²) in [5, 5.41) is 2.55. The maximum Gasteiger partial charge on any atom is 0.408 e. The van der Waals surface area contributed by atoms with E-state index in [0.29, 0.717) is 5.56 Å². The van der Waals surface area contributed by atoms with Crippen LogP contribution in [0.4, 0.5) is 4.79 Å². The molecule has 120 valence electrons. The molecule has 1 N–H and O–H groups in total. The fraction of sp³-hybridized carbons (Fsp3) is 0.222. The van der Waals surface area contributed by atoms with Crippen molar-refractivity contribution in [1.29, 1.82) is 0 Å². The highest BCUT2D eigenvalue weighted by atomic mass is 16.6. The van der Waals surface area contributed by atoms with E-state index in [4.69, 9.17) is 9.47 Å². The van der Waals surface area contributed by atoms with Crippen molar-refractivity contribution in [2.45, 2.75) is 19.6 Å². The van der Waals surface area contributed by atoms with E-state index < -0.39 is 18.1 Å². The predicted octanol–water partition coefficient (Wildman–Crippen LogP) is 3.22. The second-order valence-corrected chi connectivity index (χ2v) is 4.80. The number of hydrogen-bond acceptors (Lipinski definition) is 4. The molecule has 23 heavy (non-hydrogen) atoms. The van der Waals surface area contributed by atoms with Crippen LogP contribution in [0.25, 0.3) is 0 Å². The lowest BCUT2D eigenvalue weighted by molar-refractivity contribution is -0.145. The lowest BCUT2D eigenvalue weighted by atomic mass is 10.1. The van der Waals surface area contributed by atoms with E-state index in [0.717, 1.165) is 5.56 Å². The first kappa shape index (κ1) is 16.5. The fourth-order valence-corrected chi connectivity index (χ4v) is 2.03. The Morgan fingerprint density at radius 2 is 1.57 bits per heavy atom. The van der Waals surface area contributed by atoms with Gasteiger partial charge >= 0.3 is 12.1 Å². The van der Waals surface area contributed by atoms with Gasteiger partial charge in [-0.3, -0.25) is 0 Å². The average Bonchev–Trinajstić information content (AvgIpc) is 2.59. The van der Waals surface area contributed by atoms with E-state index in [1.807, 2.05) is 36.4 Å². The molecular weight excluding hydrogens is 294 g/mol. The molecule has 2 aromatic carbocycles. The molecule has 2 aromatic rings. The van der Waals surface area contributed by atoms with Crippen molar-refractivity contribution in [3.63, 3.8) is 0 Å².